The van der Waals surface area contributed by atoms with Gasteiger partial charge in [-0.2, -0.15) is 0 Å². The maximum absolute atomic E-state index is 11.7. The molecular formula is C15H20O5. The zero-order chi connectivity index (χ0) is 15.2. The van der Waals surface area contributed by atoms with Crippen LogP contribution < -0.4 is 4.74 Å². The first-order chi connectivity index (χ1) is 9.32. The number of carboxylic acid groups (broad SMARTS) is 1. The second-order valence-corrected chi connectivity index (χ2v) is 5.42. The lowest BCUT2D eigenvalue weighted by molar-refractivity contribution is -0.148. The van der Waals surface area contributed by atoms with Crippen LogP contribution in [0.3, 0.4) is 0 Å². The van der Waals surface area contributed by atoms with Crippen LogP contribution in [0.2, 0.25) is 0 Å². The van der Waals surface area contributed by atoms with Crippen LogP contribution in [0.4, 0.5) is 0 Å². The highest BCUT2D eigenvalue weighted by Crippen LogP contribution is 2.25. The summed E-state index contributed by atoms with van der Waals surface area (Å²) in [5, 5.41) is 8.76. The molecule has 0 radical (unpaired) electrons. The van der Waals surface area contributed by atoms with Crippen LogP contribution >= 0.6 is 0 Å². The molecule has 5 nitrogen and oxygen atoms in total. The van der Waals surface area contributed by atoms with E-state index < -0.39 is 17.4 Å². The number of aliphatic carboxylic acids is 1. The van der Waals surface area contributed by atoms with Crippen molar-refractivity contribution in [3.63, 3.8) is 0 Å². The van der Waals surface area contributed by atoms with Crippen molar-refractivity contribution in [3.8, 4) is 5.75 Å². The molecule has 0 spiro atoms. The van der Waals surface area contributed by atoms with Crippen molar-refractivity contribution in [2.24, 2.45) is 5.41 Å². The van der Waals surface area contributed by atoms with Gasteiger partial charge in [-0.15, -0.1) is 0 Å². The van der Waals surface area contributed by atoms with Gasteiger partial charge in [0, 0.05) is 0 Å². The Kier molecular flexibility index (Phi) is 5.55. The average Bonchev–Trinajstić information content (AvgIpc) is 2.34. The molecule has 1 rings (SSSR count). The first-order valence-electron chi connectivity index (χ1n) is 6.33. The molecule has 0 bridgehead atoms. The predicted molar refractivity (Wildman–Crippen MR) is 73.4 cm³/mol. The molecule has 5 heteroatoms. The molecule has 0 aliphatic rings. The maximum Gasteiger partial charge on any atom is 0.306 e. The van der Waals surface area contributed by atoms with Gasteiger partial charge in [-0.3, -0.25) is 9.59 Å². The third kappa shape index (κ3) is 5.73. The minimum absolute atomic E-state index is 0.0648. The molecule has 0 aromatic heterocycles. The number of hydrogen-bond acceptors (Lipinski definition) is 4. The van der Waals surface area contributed by atoms with E-state index in [2.05, 4.69) is 0 Å². The van der Waals surface area contributed by atoms with Gasteiger partial charge in [-0.25, -0.2) is 0 Å². The van der Waals surface area contributed by atoms with Crippen LogP contribution in [0.5, 0.6) is 5.75 Å². The van der Waals surface area contributed by atoms with Crippen molar-refractivity contribution in [2.75, 3.05) is 7.11 Å². The molecule has 0 saturated carbocycles. The van der Waals surface area contributed by atoms with Crippen molar-refractivity contribution in [1.29, 1.82) is 0 Å². The third-order valence-corrected chi connectivity index (χ3v) is 2.81. The van der Waals surface area contributed by atoms with E-state index >= 15 is 0 Å². The number of ether oxygens (including phenoxy) is 2. The summed E-state index contributed by atoms with van der Waals surface area (Å²) in [6.45, 7) is 3.64. The SMILES string of the molecule is COc1ccc(COC(=O)CC(C)(C)CC(=O)O)cc1. The van der Waals surface area contributed by atoms with E-state index in [1.807, 2.05) is 12.1 Å². The summed E-state index contributed by atoms with van der Waals surface area (Å²) in [7, 11) is 1.58. The van der Waals surface area contributed by atoms with E-state index in [0.717, 1.165) is 11.3 Å². The Bertz CT molecular complexity index is 462. The average molecular weight is 280 g/mol. The monoisotopic (exact) mass is 280 g/mol. The molecule has 1 aromatic rings. The number of rotatable bonds is 7. The van der Waals surface area contributed by atoms with Crippen molar-refractivity contribution < 1.29 is 24.2 Å². The van der Waals surface area contributed by atoms with Gasteiger partial charge in [0.1, 0.15) is 12.4 Å². The van der Waals surface area contributed by atoms with Crippen LogP contribution in [-0.4, -0.2) is 24.2 Å². The minimum atomic E-state index is -0.919. The first-order valence-corrected chi connectivity index (χ1v) is 6.33. The summed E-state index contributed by atoms with van der Waals surface area (Å²) in [4.78, 5) is 22.4. The van der Waals surface area contributed by atoms with Crippen LogP contribution in [-0.2, 0) is 20.9 Å². The zero-order valence-electron chi connectivity index (χ0n) is 12.0. The Morgan fingerprint density at radius 1 is 1.15 bits per heavy atom. The summed E-state index contributed by atoms with van der Waals surface area (Å²) in [6.07, 6.45) is 0.0140. The summed E-state index contributed by atoms with van der Waals surface area (Å²) in [6, 6.07) is 7.21. The van der Waals surface area contributed by atoms with Gasteiger partial charge in [-0.05, 0) is 23.1 Å². The third-order valence-electron chi connectivity index (χ3n) is 2.81. The lowest BCUT2D eigenvalue weighted by atomic mass is 9.86. The van der Waals surface area contributed by atoms with Gasteiger partial charge in [0.15, 0.2) is 0 Å². The van der Waals surface area contributed by atoms with E-state index in [4.69, 9.17) is 14.6 Å². The largest absolute Gasteiger partial charge is 0.497 e. The number of carbonyl (C=O) groups excluding carboxylic acids is 1. The van der Waals surface area contributed by atoms with Gasteiger partial charge in [0.2, 0.25) is 0 Å². The molecule has 0 saturated heterocycles. The highest BCUT2D eigenvalue weighted by Gasteiger charge is 2.26. The number of hydrogen-bond donors (Lipinski definition) is 1. The van der Waals surface area contributed by atoms with E-state index in [1.165, 1.54) is 0 Å². The molecule has 0 amide bonds. The highest BCUT2D eigenvalue weighted by molar-refractivity contribution is 5.73. The zero-order valence-corrected chi connectivity index (χ0v) is 12.0. The fourth-order valence-corrected chi connectivity index (χ4v) is 1.80. The molecule has 0 atom stereocenters. The molecule has 1 aromatic carbocycles. The van der Waals surface area contributed by atoms with Crippen LogP contribution in [0, 0.1) is 5.41 Å². The fourth-order valence-electron chi connectivity index (χ4n) is 1.80. The smallest absolute Gasteiger partial charge is 0.306 e. The van der Waals surface area contributed by atoms with E-state index in [1.54, 1.807) is 33.1 Å². The predicted octanol–water partition coefficient (Wildman–Crippen LogP) is 2.63. The van der Waals surface area contributed by atoms with Crippen molar-refractivity contribution in [2.45, 2.75) is 33.3 Å². The van der Waals surface area contributed by atoms with Gasteiger partial charge in [0.25, 0.3) is 0 Å². The van der Waals surface area contributed by atoms with Crippen molar-refractivity contribution in [1.82, 2.24) is 0 Å². The molecule has 20 heavy (non-hydrogen) atoms. The number of benzene rings is 1. The quantitative estimate of drug-likeness (QED) is 0.777. The normalized spacial score (nSPS) is 10.9. The van der Waals surface area contributed by atoms with Crippen molar-refractivity contribution >= 4 is 11.9 Å². The molecule has 110 valence electrons. The number of carboxylic acids is 1. The summed E-state index contributed by atoms with van der Waals surface area (Å²) in [5.41, 5.74) is 0.248. The maximum atomic E-state index is 11.7. The van der Waals surface area contributed by atoms with E-state index in [-0.39, 0.29) is 19.4 Å². The van der Waals surface area contributed by atoms with Gasteiger partial charge in [0.05, 0.1) is 20.0 Å². The number of carbonyl (C=O) groups is 2. The summed E-state index contributed by atoms with van der Waals surface area (Å²) in [5.74, 6) is -0.576. The molecular weight excluding hydrogens is 260 g/mol. The van der Waals surface area contributed by atoms with E-state index in [9.17, 15) is 9.59 Å². The topological polar surface area (TPSA) is 72.8 Å². The Labute approximate surface area is 118 Å². The minimum Gasteiger partial charge on any atom is -0.497 e. The van der Waals surface area contributed by atoms with Gasteiger partial charge in [-0.1, -0.05) is 26.0 Å². The highest BCUT2D eigenvalue weighted by atomic mass is 16.5. The molecule has 0 aliphatic carbocycles. The summed E-state index contributed by atoms with van der Waals surface area (Å²) < 4.78 is 10.2. The molecule has 0 unspecified atom stereocenters. The molecule has 0 heterocycles. The lowest BCUT2D eigenvalue weighted by Crippen LogP contribution is -2.22. The van der Waals surface area contributed by atoms with Crippen LogP contribution in [0.1, 0.15) is 32.3 Å². The van der Waals surface area contributed by atoms with Crippen molar-refractivity contribution in [3.05, 3.63) is 29.8 Å². The Morgan fingerprint density at radius 3 is 2.25 bits per heavy atom. The fraction of sp³-hybridized carbons (Fsp3) is 0.467. The first kappa shape index (κ1) is 16.0. The lowest BCUT2D eigenvalue weighted by Gasteiger charge is -2.20. The standard InChI is InChI=1S/C15H20O5/c1-15(2,8-13(16)17)9-14(18)20-10-11-4-6-12(19-3)7-5-11/h4-7H,8-10H2,1-3H3,(H,16,17). The Morgan fingerprint density at radius 2 is 1.75 bits per heavy atom. The number of esters is 1. The molecule has 1 N–H and O–H groups in total. The van der Waals surface area contributed by atoms with E-state index in [0.29, 0.717) is 0 Å². The second kappa shape index (κ2) is 6.93. The molecule has 0 fully saturated rings. The number of methoxy groups -OCH3 is 1. The Hall–Kier alpha value is -2.04. The Balaban J connectivity index is 2.44. The van der Waals surface area contributed by atoms with Gasteiger partial charge >= 0.3 is 11.9 Å². The molecule has 0 aliphatic heterocycles. The summed E-state index contributed by atoms with van der Waals surface area (Å²) >= 11 is 0. The second-order valence-electron chi connectivity index (χ2n) is 5.42. The van der Waals surface area contributed by atoms with Crippen LogP contribution in [0.25, 0.3) is 0 Å². The van der Waals surface area contributed by atoms with Gasteiger partial charge < -0.3 is 14.6 Å². The van der Waals surface area contributed by atoms with Crippen LogP contribution in [0.15, 0.2) is 24.3 Å².